The van der Waals surface area contributed by atoms with Crippen LogP contribution in [0.15, 0.2) is 65.7 Å². The quantitative estimate of drug-likeness (QED) is 0.714. The lowest BCUT2D eigenvalue weighted by molar-refractivity contribution is 0.0551. The van der Waals surface area contributed by atoms with Crippen molar-refractivity contribution in [1.29, 1.82) is 0 Å². The number of benzene rings is 2. The van der Waals surface area contributed by atoms with Gasteiger partial charge in [-0.05, 0) is 64.0 Å². The molecule has 0 spiro atoms. The minimum atomic E-state index is -0.546. The molecule has 5 nitrogen and oxygen atoms in total. The van der Waals surface area contributed by atoms with E-state index in [9.17, 15) is 4.79 Å². The third-order valence-corrected chi connectivity index (χ3v) is 6.04. The zero-order valence-corrected chi connectivity index (χ0v) is 18.8. The van der Waals surface area contributed by atoms with Gasteiger partial charge in [-0.25, -0.2) is 9.79 Å². The SMILES string of the molecule is CC(C)(C)OC(=O)NC1=N[C@@H](c2ccccc2)C[C@H]2CC[C@H](CCc3ccccc3)N12. The maximum absolute atomic E-state index is 12.6. The second kappa shape index (κ2) is 9.13. The van der Waals surface area contributed by atoms with Crippen molar-refractivity contribution >= 4 is 12.1 Å². The highest BCUT2D eigenvalue weighted by molar-refractivity contribution is 5.95. The molecule has 2 aliphatic heterocycles. The first-order chi connectivity index (χ1) is 14.9. The number of nitrogens with zero attached hydrogens (tertiary/aromatic N) is 2. The van der Waals surface area contributed by atoms with Gasteiger partial charge in [0.05, 0.1) is 6.04 Å². The van der Waals surface area contributed by atoms with E-state index in [0.717, 1.165) is 32.1 Å². The molecular weight excluding hydrogens is 386 g/mol. The summed E-state index contributed by atoms with van der Waals surface area (Å²) in [7, 11) is 0. The molecule has 0 saturated carbocycles. The molecule has 2 aromatic carbocycles. The Morgan fingerprint density at radius 1 is 1.06 bits per heavy atom. The number of hydrogen-bond acceptors (Lipinski definition) is 4. The van der Waals surface area contributed by atoms with Crippen LogP contribution in [0.3, 0.4) is 0 Å². The van der Waals surface area contributed by atoms with Gasteiger partial charge >= 0.3 is 6.09 Å². The molecule has 2 heterocycles. The summed E-state index contributed by atoms with van der Waals surface area (Å²) in [6.45, 7) is 5.63. The topological polar surface area (TPSA) is 53.9 Å². The summed E-state index contributed by atoms with van der Waals surface area (Å²) < 4.78 is 5.54. The van der Waals surface area contributed by atoms with Gasteiger partial charge < -0.3 is 9.64 Å². The van der Waals surface area contributed by atoms with E-state index in [1.807, 2.05) is 26.8 Å². The van der Waals surface area contributed by atoms with Crippen LogP contribution in [0, 0.1) is 0 Å². The summed E-state index contributed by atoms with van der Waals surface area (Å²) in [5.41, 5.74) is 2.00. The van der Waals surface area contributed by atoms with Crippen molar-refractivity contribution in [2.24, 2.45) is 4.99 Å². The molecule has 0 aliphatic carbocycles. The van der Waals surface area contributed by atoms with Gasteiger partial charge in [0.2, 0.25) is 5.96 Å². The Hall–Kier alpha value is -2.82. The standard InChI is InChI=1S/C26H33N3O2/c1-26(2,3)31-25(30)28-24-27-23(20-12-8-5-9-13-20)18-22-17-16-21(29(22)24)15-14-19-10-6-4-7-11-19/h4-13,21-23H,14-18H2,1-3H3,(H,27,28,30)/t21-,22+,23+/m0/s1. The van der Waals surface area contributed by atoms with Gasteiger partial charge in [-0.15, -0.1) is 0 Å². The Labute approximate surface area is 185 Å². The molecule has 164 valence electrons. The van der Waals surface area contributed by atoms with Crippen LogP contribution in [0.4, 0.5) is 4.79 Å². The molecule has 0 radical (unpaired) electrons. The summed E-state index contributed by atoms with van der Waals surface area (Å²) in [5, 5.41) is 2.99. The van der Waals surface area contributed by atoms with Gasteiger partial charge in [-0.1, -0.05) is 60.7 Å². The third kappa shape index (κ3) is 5.46. The highest BCUT2D eigenvalue weighted by atomic mass is 16.6. The van der Waals surface area contributed by atoms with Crippen LogP contribution in [0.1, 0.15) is 63.6 Å². The molecule has 1 saturated heterocycles. The van der Waals surface area contributed by atoms with Crippen LogP contribution >= 0.6 is 0 Å². The number of nitrogens with one attached hydrogen (secondary N) is 1. The summed E-state index contributed by atoms with van der Waals surface area (Å²) in [5.74, 6) is 0.662. The van der Waals surface area contributed by atoms with Crippen molar-refractivity contribution in [2.75, 3.05) is 0 Å². The molecule has 5 heteroatoms. The zero-order valence-electron chi connectivity index (χ0n) is 18.8. The number of alkyl carbamates (subject to hydrolysis) is 1. The highest BCUT2D eigenvalue weighted by Gasteiger charge is 2.41. The lowest BCUT2D eigenvalue weighted by atomic mass is 9.97. The van der Waals surface area contributed by atoms with Crippen molar-refractivity contribution < 1.29 is 9.53 Å². The molecule has 4 rings (SSSR count). The van der Waals surface area contributed by atoms with Crippen LogP contribution in [0.5, 0.6) is 0 Å². The Balaban J connectivity index is 1.55. The fourth-order valence-corrected chi connectivity index (χ4v) is 4.70. The summed E-state index contributed by atoms with van der Waals surface area (Å²) in [4.78, 5) is 20.0. The first kappa shape index (κ1) is 21.4. The smallest absolute Gasteiger partial charge is 0.414 e. The average Bonchev–Trinajstić information content (AvgIpc) is 3.15. The number of fused-ring (bicyclic) bond motifs is 1. The maximum Gasteiger partial charge on any atom is 0.414 e. The largest absolute Gasteiger partial charge is 0.444 e. The van der Waals surface area contributed by atoms with Crippen LogP contribution in [0.25, 0.3) is 0 Å². The average molecular weight is 420 g/mol. The molecule has 1 amide bonds. The number of rotatable bonds is 4. The Kier molecular flexibility index (Phi) is 6.30. The minimum absolute atomic E-state index is 0.0558. The van der Waals surface area contributed by atoms with E-state index in [0.29, 0.717) is 18.0 Å². The van der Waals surface area contributed by atoms with Crippen LogP contribution < -0.4 is 5.32 Å². The Morgan fingerprint density at radius 2 is 1.74 bits per heavy atom. The van der Waals surface area contributed by atoms with Gasteiger partial charge in [-0.3, -0.25) is 5.32 Å². The minimum Gasteiger partial charge on any atom is -0.444 e. The molecular formula is C26H33N3O2. The lowest BCUT2D eigenvalue weighted by Crippen LogP contribution is -2.53. The van der Waals surface area contributed by atoms with Crippen molar-refractivity contribution in [2.45, 2.75) is 76.6 Å². The predicted octanol–water partition coefficient (Wildman–Crippen LogP) is 5.48. The van der Waals surface area contributed by atoms with E-state index in [4.69, 9.17) is 9.73 Å². The molecule has 0 unspecified atom stereocenters. The summed E-state index contributed by atoms with van der Waals surface area (Å²) in [6, 6.07) is 21.8. The molecule has 31 heavy (non-hydrogen) atoms. The van der Waals surface area contributed by atoms with Gasteiger partial charge in [-0.2, -0.15) is 0 Å². The first-order valence-corrected chi connectivity index (χ1v) is 11.3. The van der Waals surface area contributed by atoms with Gasteiger partial charge in [0.1, 0.15) is 5.60 Å². The highest BCUT2D eigenvalue weighted by Crippen LogP contribution is 2.38. The van der Waals surface area contributed by atoms with Crippen LogP contribution in [-0.2, 0) is 11.2 Å². The van der Waals surface area contributed by atoms with E-state index < -0.39 is 11.7 Å². The van der Waals surface area contributed by atoms with Gasteiger partial charge in [0, 0.05) is 12.1 Å². The Bertz CT molecular complexity index is 905. The number of amides is 1. The molecule has 2 aromatic rings. The van der Waals surface area contributed by atoms with Gasteiger partial charge in [0.15, 0.2) is 0 Å². The van der Waals surface area contributed by atoms with Crippen molar-refractivity contribution in [3.05, 3.63) is 71.8 Å². The van der Waals surface area contributed by atoms with Gasteiger partial charge in [0.25, 0.3) is 0 Å². The van der Waals surface area contributed by atoms with Crippen LogP contribution in [0.2, 0.25) is 0 Å². The van der Waals surface area contributed by atoms with E-state index in [1.54, 1.807) is 0 Å². The number of aliphatic imine (C=N–C) groups is 1. The molecule has 1 fully saturated rings. The fraction of sp³-hybridized carbons (Fsp3) is 0.462. The maximum atomic E-state index is 12.6. The number of guanidine groups is 1. The summed E-state index contributed by atoms with van der Waals surface area (Å²) >= 11 is 0. The monoisotopic (exact) mass is 419 g/mol. The number of hydrogen-bond donors (Lipinski definition) is 1. The lowest BCUT2D eigenvalue weighted by Gasteiger charge is -2.39. The fourth-order valence-electron chi connectivity index (χ4n) is 4.70. The molecule has 1 N–H and O–H groups in total. The second-order valence-corrected chi connectivity index (χ2v) is 9.56. The second-order valence-electron chi connectivity index (χ2n) is 9.56. The normalized spacial score (nSPS) is 23.1. The van der Waals surface area contributed by atoms with Crippen molar-refractivity contribution in [3.8, 4) is 0 Å². The molecule has 0 aromatic heterocycles. The van der Waals surface area contributed by atoms with E-state index in [-0.39, 0.29) is 6.04 Å². The van der Waals surface area contributed by atoms with E-state index in [2.05, 4.69) is 64.8 Å². The van der Waals surface area contributed by atoms with Crippen LogP contribution in [-0.4, -0.2) is 34.6 Å². The van der Waals surface area contributed by atoms with E-state index in [1.165, 1.54) is 11.1 Å². The molecule has 2 aliphatic rings. The summed E-state index contributed by atoms with van der Waals surface area (Å²) in [6.07, 6.45) is 4.85. The predicted molar refractivity (Wildman–Crippen MR) is 124 cm³/mol. The number of carbonyl (C=O) groups is 1. The first-order valence-electron chi connectivity index (χ1n) is 11.3. The van der Waals surface area contributed by atoms with Crippen molar-refractivity contribution in [3.63, 3.8) is 0 Å². The molecule has 3 atom stereocenters. The zero-order chi connectivity index (χ0) is 21.8. The van der Waals surface area contributed by atoms with E-state index >= 15 is 0 Å². The number of carbonyl (C=O) groups excluding carboxylic acids is 1. The molecule has 0 bridgehead atoms. The Morgan fingerprint density at radius 3 is 2.42 bits per heavy atom. The number of aryl methyl sites for hydroxylation is 1. The third-order valence-electron chi connectivity index (χ3n) is 6.04. The van der Waals surface area contributed by atoms with Crippen molar-refractivity contribution in [1.82, 2.24) is 10.2 Å². The number of ether oxygens (including phenoxy) is 1.